The van der Waals surface area contributed by atoms with E-state index in [4.69, 9.17) is 4.74 Å². The van der Waals surface area contributed by atoms with Gasteiger partial charge in [0.25, 0.3) is 5.91 Å². The van der Waals surface area contributed by atoms with Crippen molar-refractivity contribution < 1.29 is 9.53 Å². The summed E-state index contributed by atoms with van der Waals surface area (Å²) in [6.45, 7) is 4.25. The van der Waals surface area contributed by atoms with Crippen LogP contribution in [0.2, 0.25) is 0 Å². The molecule has 0 aliphatic carbocycles. The molecule has 25 heavy (non-hydrogen) atoms. The van der Waals surface area contributed by atoms with Gasteiger partial charge >= 0.3 is 0 Å². The number of carbonyl (C=O) groups is 1. The Labute approximate surface area is 150 Å². The van der Waals surface area contributed by atoms with Crippen LogP contribution in [-0.4, -0.2) is 28.2 Å². The standard InChI is InChI=1S/C18H20N4O2S/c1-4-11(5-2)17-21-22-18(25-17)20-16(23)15-8-6-12-10-13(24-3)7-9-14(12)19-15/h6-11H,4-5H2,1-3H3,(H,20,22,23). The van der Waals surface area contributed by atoms with E-state index in [1.807, 2.05) is 24.3 Å². The zero-order valence-electron chi connectivity index (χ0n) is 14.4. The Morgan fingerprint density at radius 2 is 2.00 bits per heavy atom. The van der Waals surface area contributed by atoms with Gasteiger partial charge in [0.15, 0.2) is 0 Å². The van der Waals surface area contributed by atoms with E-state index in [0.29, 0.717) is 16.7 Å². The maximum absolute atomic E-state index is 12.4. The molecule has 3 aromatic rings. The fraction of sp³-hybridized carbons (Fsp3) is 0.333. The molecule has 0 spiro atoms. The molecule has 0 saturated carbocycles. The van der Waals surface area contributed by atoms with Crippen molar-refractivity contribution in [1.82, 2.24) is 15.2 Å². The molecular formula is C18H20N4O2S. The summed E-state index contributed by atoms with van der Waals surface area (Å²) in [7, 11) is 1.62. The van der Waals surface area contributed by atoms with Gasteiger partial charge in [-0.1, -0.05) is 31.3 Å². The van der Waals surface area contributed by atoms with Gasteiger partial charge < -0.3 is 4.74 Å². The molecule has 1 aromatic carbocycles. The Morgan fingerprint density at radius 3 is 2.72 bits per heavy atom. The van der Waals surface area contributed by atoms with Crippen molar-refractivity contribution >= 4 is 33.3 Å². The molecule has 0 aliphatic rings. The van der Waals surface area contributed by atoms with Gasteiger partial charge in [-0.3, -0.25) is 10.1 Å². The van der Waals surface area contributed by atoms with Gasteiger partial charge in [-0.15, -0.1) is 10.2 Å². The average molecular weight is 356 g/mol. The topological polar surface area (TPSA) is 77.0 Å². The molecule has 0 saturated heterocycles. The highest BCUT2D eigenvalue weighted by Crippen LogP contribution is 2.28. The van der Waals surface area contributed by atoms with Crippen LogP contribution in [0.4, 0.5) is 5.13 Å². The van der Waals surface area contributed by atoms with Crippen LogP contribution in [0.25, 0.3) is 10.9 Å². The molecule has 0 fully saturated rings. The van der Waals surface area contributed by atoms with Crippen LogP contribution >= 0.6 is 11.3 Å². The lowest BCUT2D eigenvalue weighted by Gasteiger charge is -2.06. The number of nitrogens with one attached hydrogen (secondary N) is 1. The summed E-state index contributed by atoms with van der Waals surface area (Å²) in [5.74, 6) is 0.858. The fourth-order valence-corrected chi connectivity index (χ4v) is 3.61. The number of nitrogens with zero attached hydrogens (tertiary/aromatic N) is 3. The minimum atomic E-state index is -0.287. The van der Waals surface area contributed by atoms with Crippen LogP contribution in [0.15, 0.2) is 30.3 Å². The van der Waals surface area contributed by atoms with Gasteiger partial charge in [0.2, 0.25) is 5.13 Å². The van der Waals surface area contributed by atoms with Crippen molar-refractivity contribution in [3.8, 4) is 5.75 Å². The third kappa shape index (κ3) is 3.76. The van der Waals surface area contributed by atoms with Crippen LogP contribution in [0.1, 0.15) is 48.1 Å². The summed E-state index contributed by atoms with van der Waals surface area (Å²) >= 11 is 1.42. The minimum Gasteiger partial charge on any atom is -0.497 e. The monoisotopic (exact) mass is 356 g/mol. The van der Waals surface area contributed by atoms with E-state index < -0.39 is 0 Å². The predicted octanol–water partition coefficient (Wildman–Crippen LogP) is 4.25. The second-order valence-corrected chi connectivity index (χ2v) is 6.68. The van der Waals surface area contributed by atoms with Crippen LogP contribution in [0.5, 0.6) is 5.75 Å². The highest BCUT2D eigenvalue weighted by atomic mass is 32.1. The van der Waals surface area contributed by atoms with E-state index in [-0.39, 0.29) is 5.91 Å². The molecular weight excluding hydrogens is 336 g/mol. The van der Waals surface area contributed by atoms with Gasteiger partial charge in [0, 0.05) is 11.3 Å². The molecule has 0 bridgehead atoms. The molecule has 6 nitrogen and oxygen atoms in total. The van der Waals surface area contributed by atoms with E-state index in [9.17, 15) is 4.79 Å². The average Bonchev–Trinajstić information content (AvgIpc) is 3.10. The summed E-state index contributed by atoms with van der Waals surface area (Å²) < 4.78 is 5.20. The Kier molecular flexibility index (Phi) is 5.23. The first kappa shape index (κ1) is 17.3. The van der Waals surface area contributed by atoms with Gasteiger partial charge in [0.1, 0.15) is 16.5 Å². The first-order valence-electron chi connectivity index (χ1n) is 8.24. The van der Waals surface area contributed by atoms with E-state index >= 15 is 0 Å². The molecule has 2 heterocycles. The molecule has 0 aliphatic heterocycles. The van der Waals surface area contributed by atoms with Gasteiger partial charge in [-0.05, 0) is 37.1 Å². The summed E-state index contributed by atoms with van der Waals surface area (Å²) in [4.78, 5) is 16.8. The molecule has 0 radical (unpaired) electrons. The highest BCUT2D eigenvalue weighted by molar-refractivity contribution is 7.15. The number of methoxy groups -OCH3 is 1. The zero-order chi connectivity index (χ0) is 17.8. The van der Waals surface area contributed by atoms with Crippen LogP contribution in [0, 0.1) is 0 Å². The highest BCUT2D eigenvalue weighted by Gasteiger charge is 2.16. The molecule has 3 rings (SSSR count). The number of hydrogen-bond donors (Lipinski definition) is 1. The lowest BCUT2D eigenvalue weighted by molar-refractivity contribution is 0.102. The third-order valence-corrected chi connectivity index (χ3v) is 5.13. The fourth-order valence-electron chi connectivity index (χ4n) is 2.61. The number of hydrogen-bond acceptors (Lipinski definition) is 6. The number of ether oxygens (including phenoxy) is 1. The van der Waals surface area contributed by atoms with Crippen LogP contribution in [0.3, 0.4) is 0 Å². The number of pyridine rings is 1. The number of carbonyl (C=O) groups excluding carboxylic acids is 1. The summed E-state index contributed by atoms with van der Waals surface area (Å²) in [5.41, 5.74) is 1.08. The summed E-state index contributed by atoms with van der Waals surface area (Å²) in [6, 6.07) is 9.09. The maximum Gasteiger partial charge on any atom is 0.276 e. The van der Waals surface area contributed by atoms with Crippen LogP contribution in [-0.2, 0) is 0 Å². The second-order valence-electron chi connectivity index (χ2n) is 5.67. The Morgan fingerprint density at radius 1 is 1.20 bits per heavy atom. The molecule has 1 amide bonds. The SMILES string of the molecule is CCC(CC)c1nnc(NC(=O)c2ccc3cc(OC)ccc3n2)s1. The number of amides is 1. The van der Waals surface area contributed by atoms with Gasteiger partial charge in [0.05, 0.1) is 12.6 Å². The van der Waals surface area contributed by atoms with Gasteiger partial charge in [-0.2, -0.15) is 0 Å². The first-order valence-corrected chi connectivity index (χ1v) is 9.05. The predicted molar refractivity (Wildman–Crippen MR) is 99.5 cm³/mol. The lowest BCUT2D eigenvalue weighted by atomic mass is 10.1. The zero-order valence-corrected chi connectivity index (χ0v) is 15.3. The van der Waals surface area contributed by atoms with Crippen molar-refractivity contribution in [1.29, 1.82) is 0 Å². The number of rotatable bonds is 6. The Balaban J connectivity index is 1.78. The number of benzene rings is 1. The third-order valence-electron chi connectivity index (χ3n) is 4.12. The van der Waals surface area contributed by atoms with E-state index in [0.717, 1.165) is 34.5 Å². The molecule has 130 valence electrons. The minimum absolute atomic E-state index is 0.287. The number of aromatic nitrogens is 3. The first-order chi connectivity index (χ1) is 12.1. The smallest absolute Gasteiger partial charge is 0.276 e. The van der Waals surface area contributed by atoms with Crippen molar-refractivity contribution in [3.05, 3.63) is 41.0 Å². The lowest BCUT2D eigenvalue weighted by Crippen LogP contribution is -2.13. The molecule has 0 unspecified atom stereocenters. The summed E-state index contributed by atoms with van der Waals surface area (Å²) in [6.07, 6.45) is 2.02. The van der Waals surface area contributed by atoms with Crippen molar-refractivity contribution in [2.24, 2.45) is 0 Å². The van der Waals surface area contributed by atoms with Crippen molar-refractivity contribution in [2.75, 3.05) is 12.4 Å². The maximum atomic E-state index is 12.4. The Hall–Kier alpha value is -2.54. The largest absolute Gasteiger partial charge is 0.497 e. The van der Waals surface area contributed by atoms with E-state index in [1.54, 1.807) is 13.2 Å². The molecule has 1 N–H and O–H groups in total. The summed E-state index contributed by atoms with van der Waals surface area (Å²) in [5, 5.41) is 13.4. The normalized spacial score (nSPS) is 11.0. The number of anilines is 1. The van der Waals surface area contributed by atoms with Crippen molar-refractivity contribution in [3.63, 3.8) is 0 Å². The number of fused-ring (bicyclic) bond motifs is 1. The van der Waals surface area contributed by atoms with Gasteiger partial charge in [-0.25, -0.2) is 4.98 Å². The quantitative estimate of drug-likeness (QED) is 0.714. The van der Waals surface area contributed by atoms with E-state index in [1.165, 1.54) is 11.3 Å². The van der Waals surface area contributed by atoms with Crippen LogP contribution < -0.4 is 10.1 Å². The second kappa shape index (κ2) is 7.57. The Bertz CT molecular complexity index is 890. The van der Waals surface area contributed by atoms with Crippen molar-refractivity contribution in [2.45, 2.75) is 32.6 Å². The molecule has 7 heteroatoms. The molecule has 2 aromatic heterocycles. The van der Waals surface area contributed by atoms with E-state index in [2.05, 4.69) is 34.3 Å². The molecule has 0 atom stereocenters.